The number of nitrogens with one attached hydrogen (secondary N) is 2. The van der Waals surface area contributed by atoms with E-state index in [1.54, 1.807) is 25.4 Å². The second-order valence-electron chi connectivity index (χ2n) is 4.41. The Labute approximate surface area is 121 Å². The fourth-order valence-corrected chi connectivity index (χ4v) is 1.65. The van der Waals surface area contributed by atoms with Gasteiger partial charge in [-0.05, 0) is 12.1 Å². The SMILES string of the molecule is CNC(=O)Cn1cc(NC(=O)Cc2ccc(N)cn2)cn1. The normalized spacial score (nSPS) is 10.1. The summed E-state index contributed by atoms with van der Waals surface area (Å²) in [6.45, 7) is 0.103. The number of nitrogens with zero attached hydrogens (tertiary/aromatic N) is 3. The van der Waals surface area contributed by atoms with Crippen LogP contribution in [0.2, 0.25) is 0 Å². The van der Waals surface area contributed by atoms with E-state index in [2.05, 4.69) is 20.7 Å². The van der Waals surface area contributed by atoms with Gasteiger partial charge in [-0.25, -0.2) is 0 Å². The average Bonchev–Trinajstić information content (AvgIpc) is 2.88. The molecule has 110 valence electrons. The third-order valence-electron chi connectivity index (χ3n) is 2.69. The first-order valence-electron chi connectivity index (χ1n) is 6.30. The first-order valence-corrected chi connectivity index (χ1v) is 6.30. The molecule has 0 saturated carbocycles. The van der Waals surface area contributed by atoms with Gasteiger partial charge in [-0.2, -0.15) is 5.10 Å². The highest BCUT2D eigenvalue weighted by Crippen LogP contribution is 2.07. The summed E-state index contributed by atoms with van der Waals surface area (Å²) in [5.74, 6) is -0.381. The van der Waals surface area contributed by atoms with Crippen molar-refractivity contribution >= 4 is 23.2 Å². The lowest BCUT2D eigenvalue weighted by molar-refractivity contribution is -0.121. The summed E-state index contributed by atoms with van der Waals surface area (Å²) in [4.78, 5) is 27.1. The van der Waals surface area contributed by atoms with Gasteiger partial charge < -0.3 is 16.4 Å². The van der Waals surface area contributed by atoms with Gasteiger partial charge in [0.15, 0.2) is 0 Å². The lowest BCUT2D eigenvalue weighted by Crippen LogP contribution is -2.23. The van der Waals surface area contributed by atoms with E-state index in [1.165, 1.54) is 17.1 Å². The molecule has 0 aliphatic rings. The monoisotopic (exact) mass is 288 g/mol. The van der Waals surface area contributed by atoms with Gasteiger partial charge in [0.05, 0.1) is 30.2 Å². The van der Waals surface area contributed by atoms with Crippen LogP contribution in [0.5, 0.6) is 0 Å². The van der Waals surface area contributed by atoms with Crippen molar-refractivity contribution in [3.05, 3.63) is 36.4 Å². The van der Waals surface area contributed by atoms with Crippen LogP contribution >= 0.6 is 0 Å². The van der Waals surface area contributed by atoms with E-state index >= 15 is 0 Å². The number of nitrogens with two attached hydrogens (primary N) is 1. The Hall–Kier alpha value is -2.90. The Morgan fingerprint density at radius 3 is 2.76 bits per heavy atom. The van der Waals surface area contributed by atoms with Crippen LogP contribution < -0.4 is 16.4 Å². The van der Waals surface area contributed by atoms with Crippen LogP contribution in [0.25, 0.3) is 0 Å². The summed E-state index contributed by atoms with van der Waals surface area (Å²) >= 11 is 0. The molecule has 0 unspecified atom stereocenters. The van der Waals surface area contributed by atoms with Crippen LogP contribution in [0.4, 0.5) is 11.4 Å². The number of pyridine rings is 1. The molecule has 8 nitrogen and oxygen atoms in total. The number of carbonyl (C=O) groups is 2. The number of hydrogen-bond donors (Lipinski definition) is 3. The molecule has 2 amide bonds. The van der Waals surface area contributed by atoms with Gasteiger partial charge in [0, 0.05) is 18.9 Å². The number of nitrogen functional groups attached to an aromatic ring is 1. The first kappa shape index (κ1) is 14.5. The molecule has 8 heteroatoms. The van der Waals surface area contributed by atoms with Crippen molar-refractivity contribution in [2.24, 2.45) is 0 Å². The maximum absolute atomic E-state index is 11.9. The summed E-state index contributed by atoms with van der Waals surface area (Å²) in [6.07, 6.45) is 4.71. The minimum atomic E-state index is -0.216. The number of aromatic nitrogens is 3. The third-order valence-corrected chi connectivity index (χ3v) is 2.69. The first-order chi connectivity index (χ1) is 10.1. The minimum Gasteiger partial charge on any atom is -0.397 e. The molecule has 0 bridgehead atoms. The molecule has 2 aromatic heterocycles. The van der Waals surface area contributed by atoms with Crippen molar-refractivity contribution in [2.45, 2.75) is 13.0 Å². The topological polar surface area (TPSA) is 115 Å². The number of carbonyl (C=O) groups excluding carboxylic acids is 2. The lowest BCUT2D eigenvalue weighted by Gasteiger charge is -2.02. The third kappa shape index (κ3) is 4.30. The van der Waals surface area contributed by atoms with Gasteiger partial charge in [-0.3, -0.25) is 19.3 Å². The van der Waals surface area contributed by atoms with Gasteiger partial charge in [-0.15, -0.1) is 0 Å². The largest absolute Gasteiger partial charge is 0.397 e. The van der Waals surface area contributed by atoms with Crippen molar-refractivity contribution in [3.8, 4) is 0 Å². The highest BCUT2D eigenvalue weighted by Gasteiger charge is 2.08. The molecule has 21 heavy (non-hydrogen) atoms. The Balaban J connectivity index is 1.90. The Morgan fingerprint density at radius 2 is 2.10 bits per heavy atom. The quantitative estimate of drug-likeness (QED) is 0.704. The number of anilines is 2. The second kappa shape index (κ2) is 6.51. The van der Waals surface area contributed by atoms with Crippen LogP contribution in [0.1, 0.15) is 5.69 Å². The molecule has 0 saturated heterocycles. The van der Waals surface area contributed by atoms with Crippen molar-refractivity contribution in [2.75, 3.05) is 18.1 Å². The van der Waals surface area contributed by atoms with E-state index in [4.69, 9.17) is 5.73 Å². The van der Waals surface area contributed by atoms with Gasteiger partial charge >= 0.3 is 0 Å². The van der Waals surface area contributed by atoms with Crippen LogP contribution in [-0.2, 0) is 22.6 Å². The van der Waals surface area contributed by atoms with Crippen molar-refractivity contribution in [1.29, 1.82) is 0 Å². The Kier molecular flexibility index (Phi) is 4.50. The number of rotatable bonds is 5. The molecule has 0 spiro atoms. The zero-order valence-corrected chi connectivity index (χ0v) is 11.5. The summed E-state index contributed by atoms with van der Waals surface area (Å²) in [7, 11) is 1.55. The summed E-state index contributed by atoms with van der Waals surface area (Å²) in [5, 5.41) is 9.17. The zero-order chi connectivity index (χ0) is 15.2. The number of amides is 2. The Morgan fingerprint density at radius 1 is 1.29 bits per heavy atom. The van der Waals surface area contributed by atoms with E-state index in [9.17, 15) is 9.59 Å². The van der Waals surface area contributed by atoms with Gasteiger partial charge in [0.2, 0.25) is 11.8 Å². The minimum absolute atomic E-state index is 0.103. The van der Waals surface area contributed by atoms with Crippen molar-refractivity contribution < 1.29 is 9.59 Å². The molecular weight excluding hydrogens is 272 g/mol. The number of likely N-dealkylation sites (N-methyl/N-ethyl adjacent to an activating group) is 1. The molecule has 2 heterocycles. The predicted octanol–water partition coefficient (Wildman–Crippen LogP) is -0.212. The summed E-state index contributed by atoms with van der Waals surface area (Å²) in [6, 6.07) is 3.39. The average molecular weight is 288 g/mol. The van der Waals surface area contributed by atoms with E-state index in [1.807, 2.05) is 0 Å². The lowest BCUT2D eigenvalue weighted by atomic mass is 10.2. The predicted molar refractivity (Wildman–Crippen MR) is 77.3 cm³/mol. The zero-order valence-electron chi connectivity index (χ0n) is 11.5. The van der Waals surface area contributed by atoms with Gasteiger partial charge in [0.25, 0.3) is 0 Å². The molecule has 2 rings (SSSR count). The highest BCUT2D eigenvalue weighted by molar-refractivity contribution is 5.91. The number of hydrogen-bond acceptors (Lipinski definition) is 5. The molecule has 0 fully saturated rings. The van der Waals surface area contributed by atoms with Crippen LogP contribution in [0, 0.1) is 0 Å². The maximum Gasteiger partial charge on any atom is 0.241 e. The molecular formula is C13H16N6O2. The Bertz CT molecular complexity index is 634. The van der Waals surface area contributed by atoms with E-state index in [-0.39, 0.29) is 24.8 Å². The van der Waals surface area contributed by atoms with Crippen molar-refractivity contribution in [3.63, 3.8) is 0 Å². The van der Waals surface area contributed by atoms with E-state index in [0.717, 1.165) is 0 Å². The fraction of sp³-hybridized carbons (Fsp3) is 0.231. The smallest absolute Gasteiger partial charge is 0.241 e. The van der Waals surface area contributed by atoms with E-state index < -0.39 is 0 Å². The molecule has 2 aromatic rings. The molecule has 0 aliphatic heterocycles. The van der Waals surface area contributed by atoms with Crippen molar-refractivity contribution in [1.82, 2.24) is 20.1 Å². The van der Waals surface area contributed by atoms with Gasteiger partial charge in [0.1, 0.15) is 6.54 Å². The molecule has 0 radical (unpaired) electrons. The second-order valence-corrected chi connectivity index (χ2v) is 4.41. The van der Waals surface area contributed by atoms with Crippen LogP contribution in [-0.4, -0.2) is 33.6 Å². The molecule has 0 aromatic carbocycles. The standard InChI is InChI=1S/C13H16N6O2/c1-15-13(21)8-19-7-11(6-17-19)18-12(20)4-10-3-2-9(14)5-16-10/h2-3,5-7H,4,8,14H2,1H3,(H,15,21)(H,18,20). The van der Waals surface area contributed by atoms with E-state index in [0.29, 0.717) is 17.1 Å². The molecule has 4 N–H and O–H groups in total. The van der Waals surface area contributed by atoms with Crippen LogP contribution in [0.15, 0.2) is 30.7 Å². The maximum atomic E-state index is 11.9. The van der Waals surface area contributed by atoms with Gasteiger partial charge in [-0.1, -0.05) is 0 Å². The van der Waals surface area contributed by atoms with Crippen LogP contribution in [0.3, 0.4) is 0 Å². The molecule has 0 atom stereocenters. The highest BCUT2D eigenvalue weighted by atomic mass is 16.2. The fourth-order valence-electron chi connectivity index (χ4n) is 1.65. The molecule has 0 aliphatic carbocycles. The summed E-state index contributed by atoms with van der Waals surface area (Å²) < 4.78 is 1.44. The summed E-state index contributed by atoms with van der Waals surface area (Å²) in [5.41, 5.74) is 7.23.